The van der Waals surface area contributed by atoms with Crippen LogP contribution in [0.2, 0.25) is 0 Å². The number of aromatic nitrogens is 2. The molecule has 1 aromatic heterocycles. The Kier molecular flexibility index (Phi) is 3.81. The summed E-state index contributed by atoms with van der Waals surface area (Å²) in [6, 6.07) is 10.4. The fraction of sp³-hybridized carbons (Fsp3) is 0.318. The summed E-state index contributed by atoms with van der Waals surface area (Å²) < 4.78 is 0. The van der Waals surface area contributed by atoms with E-state index < -0.39 is 0 Å². The molecule has 0 saturated carbocycles. The number of hydrogen-bond donors (Lipinski definition) is 1. The lowest BCUT2D eigenvalue weighted by Crippen LogP contribution is -2.42. The molecule has 0 unspecified atom stereocenters. The third-order valence-electron chi connectivity index (χ3n) is 5.97. The Bertz CT molecular complexity index is 1030. The molecule has 5 rings (SSSR count). The molecule has 2 heterocycles. The average molecular weight is 359 g/mol. The van der Waals surface area contributed by atoms with Crippen molar-refractivity contribution >= 4 is 22.5 Å². The van der Waals surface area contributed by atoms with Gasteiger partial charge in [0.2, 0.25) is 0 Å². The van der Waals surface area contributed by atoms with Crippen molar-refractivity contribution in [2.45, 2.75) is 25.7 Å². The largest absolute Gasteiger partial charge is 0.338 e. The van der Waals surface area contributed by atoms with Crippen LogP contribution in [0.5, 0.6) is 0 Å². The van der Waals surface area contributed by atoms with E-state index in [9.17, 15) is 9.59 Å². The van der Waals surface area contributed by atoms with Crippen molar-refractivity contribution < 1.29 is 9.59 Å². The van der Waals surface area contributed by atoms with Gasteiger partial charge >= 0.3 is 0 Å². The highest BCUT2D eigenvalue weighted by atomic mass is 16.2. The summed E-state index contributed by atoms with van der Waals surface area (Å²) in [5.41, 5.74) is 4.05. The van der Waals surface area contributed by atoms with Crippen molar-refractivity contribution in [3.05, 3.63) is 65.0 Å². The predicted octanol–water partition coefficient (Wildman–Crippen LogP) is 3.40. The minimum Gasteiger partial charge on any atom is -0.338 e. The first kappa shape index (κ1) is 16.2. The minimum atomic E-state index is -0.145. The zero-order chi connectivity index (χ0) is 18.4. The van der Waals surface area contributed by atoms with Gasteiger partial charge in [-0.25, -0.2) is 0 Å². The summed E-state index contributed by atoms with van der Waals surface area (Å²) in [7, 11) is 0. The SMILES string of the molecule is O=C(c1ccc2c3c(cccc13)CC2)[C@@H]1CCCN(C(=O)c2cn[nH]c2)C1. The van der Waals surface area contributed by atoms with E-state index in [1.54, 1.807) is 11.1 Å². The van der Waals surface area contributed by atoms with Crippen LogP contribution in [0.25, 0.3) is 10.8 Å². The van der Waals surface area contributed by atoms with E-state index in [4.69, 9.17) is 0 Å². The molecule has 1 N–H and O–H groups in total. The normalized spacial score (nSPS) is 18.8. The number of aryl methyl sites for hydroxylation is 2. The Labute approximate surface area is 157 Å². The van der Waals surface area contributed by atoms with Crippen molar-refractivity contribution in [1.29, 1.82) is 0 Å². The number of carbonyl (C=O) groups is 2. The zero-order valence-corrected chi connectivity index (χ0v) is 15.1. The van der Waals surface area contributed by atoms with Gasteiger partial charge in [-0.2, -0.15) is 5.10 Å². The fourth-order valence-corrected chi connectivity index (χ4v) is 4.61. The average Bonchev–Trinajstić information content (AvgIpc) is 3.39. The second-order valence-electron chi connectivity index (χ2n) is 7.55. The highest BCUT2D eigenvalue weighted by Crippen LogP contribution is 2.34. The van der Waals surface area contributed by atoms with E-state index in [1.165, 1.54) is 22.7 Å². The van der Waals surface area contributed by atoms with Crippen LogP contribution in [0.15, 0.2) is 42.7 Å². The van der Waals surface area contributed by atoms with Gasteiger partial charge in [0.25, 0.3) is 5.91 Å². The van der Waals surface area contributed by atoms with Crippen LogP contribution in [0.4, 0.5) is 0 Å². The van der Waals surface area contributed by atoms with Crippen molar-refractivity contribution in [2.24, 2.45) is 5.92 Å². The molecule has 1 saturated heterocycles. The smallest absolute Gasteiger partial charge is 0.257 e. The molecule has 3 aromatic rings. The Hall–Kier alpha value is -2.95. The van der Waals surface area contributed by atoms with Crippen LogP contribution < -0.4 is 0 Å². The topological polar surface area (TPSA) is 66.1 Å². The lowest BCUT2D eigenvalue weighted by atomic mass is 9.87. The molecule has 136 valence electrons. The number of rotatable bonds is 3. The number of nitrogens with one attached hydrogen (secondary N) is 1. The summed E-state index contributed by atoms with van der Waals surface area (Å²) in [5.74, 6) is -0.0370. The van der Waals surface area contributed by atoms with E-state index in [0.717, 1.165) is 36.6 Å². The lowest BCUT2D eigenvalue weighted by Gasteiger charge is -2.32. The molecule has 1 amide bonds. The maximum atomic E-state index is 13.4. The van der Waals surface area contributed by atoms with Crippen LogP contribution in [0, 0.1) is 5.92 Å². The number of benzene rings is 2. The summed E-state index contributed by atoms with van der Waals surface area (Å²) in [6.07, 6.45) is 6.94. The molecule has 1 atom stereocenters. The number of aromatic amines is 1. The summed E-state index contributed by atoms with van der Waals surface area (Å²) in [5, 5.41) is 8.88. The number of H-pyrrole nitrogens is 1. The zero-order valence-electron chi connectivity index (χ0n) is 15.1. The molecule has 1 aliphatic heterocycles. The number of amides is 1. The summed E-state index contributed by atoms with van der Waals surface area (Å²) in [4.78, 5) is 27.8. The van der Waals surface area contributed by atoms with E-state index >= 15 is 0 Å². The van der Waals surface area contributed by atoms with Crippen molar-refractivity contribution in [3.63, 3.8) is 0 Å². The molecule has 2 aliphatic rings. The Morgan fingerprint density at radius 2 is 1.96 bits per heavy atom. The molecule has 0 radical (unpaired) electrons. The molecule has 5 nitrogen and oxygen atoms in total. The molecule has 1 aliphatic carbocycles. The molecule has 0 spiro atoms. The van der Waals surface area contributed by atoms with Crippen molar-refractivity contribution in [1.82, 2.24) is 15.1 Å². The predicted molar refractivity (Wildman–Crippen MR) is 103 cm³/mol. The van der Waals surface area contributed by atoms with Gasteiger partial charge < -0.3 is 4.90 Å². The number of Topliss-reactive ketones (excluding diaryl/α,β-unsaturated/α-hetero) is 1. The highest BCUT2D eigenvalue weighted by Gasteiger charge is 2.31. The second kappa shape index (κ2) is 6.34. The first-order valence-electron chi connectivity index (χ1n) is 9.58. The summed E-state index contributed by atoms with van der Waals surface area (Å²) in [6.45, 7) is 1.17. The van der Waals surface area contributed by atoms with Gasteiger partial charge in [-0.3, -0.25) is 14.7 Å². The number of likely N-dealkylation sites (tertiary alicyclic amines) is 1. The Morgan fingerprint density at radius 3 is 2.78 bits per heavy atom. The van der Waals surface area contributed by atoms with E-state index in [1.807, 2.05) is 6.07 Å². The summed E-state index contributed by atoms with van der Waals surface area (Å²) >= 11 is 0. The quantitative estimate of drug-likeness (QED) is 0.729. The third kappa shape index (κ3) is 2.65. The number of carbonyl (C=O) groups excluding carboxylic acids is 2. The fourth-order valence-electron chi connectivity index (χ4n) is 4.61. The third-order valence-corrected chi connectivity index (χ3v) is 5.97. The molecule has 1 fully saturated rings. The van der Waals surface area contributed by atoms with Gasteiger partial charge in [0.05, 0.1) is 11.8 Å². The minimum absolute atomic E-state index is 0.0540. The van der Waals surface area contributed by atoms with E-state index in [0.29, 0.717) is 18.7 Å². The van der Waals surface area contributed by atoms with Crippen LogP contribution in [0.3, 0.4) is 0 Å². The Morgan fingerprint density at radius 1 is 1.11 bits per heavy atom. The van der Waals surface area contributed by atoms with Crippen molar-refractivity contribution in [2.75, 3.05) is 13.1 Å². The van der Waals surface area contributed by atoms with Crippen LogP contribution in [0.1, 0.15) is 44.7 Å². The lowest BCUT2D eigenvalue weighted by molar-refractivity contribution is 0.0637. The van der Waals surface area contributed by atoms with Gasteiger partial charge in [0.1, 0.15) is 0 Å². The number of piperidine rings is 1. The molecular formula is C22H21N3O2. The maximum Gasteiger partial charge on any atom is 0.257 e. The standard InChI is InChI=1S/C22H21N3O2/c26-21(16-4-2-10-25(13-16)22(27)17-11-23-24-12-17)19-9-8-15-7-6-14-3-1-5-18(19)20(14)15/h1,3,5,8-9,11-12,16H,2,4,6-7,10,13H2,(H,23,24)/t16-/m1/s1. The Balaban J connectivity index is 1.45. The molecular weight excluding hydrogens is 338 g/mol. The van der Waals surface area contributed by atoms with Gasteiger partial charge in [-0.1, -0.05) is 30.3 Å². The van der Waals surface area contributed by atoms with Gasteiger partial charge in [0, 0.05) is 30.8 Å². The molecule has 0 bridgehead atoms. The van der Waals surface area contributed by atoms with Crippen molar-refractivity contribution in [3.8, 4) is 0 Å². The van der Waals surface area contributed by atoms with Crippen LogP contribution in [-0.4, -0.2) is 39.9 Å². The second-order valence-corrected chi connectivity index (χ2v) is 7.55. The van der Waals surface area contributed by atoms with Crippen LogP contribution in [-0.2, 0) is 12.8 Å². The van der Waals surface area contributed by atoms with Gasteiger partial charge in [0.15, 0.2) is 5.78 Å². The first-order valence-corrected chi connectivity index (χ1v) is 9.58. The molecule has 2 aromatic carbocycles. The number of ketones is 1. The van der Waals surface area contributed by atoms with E-state index in [2.05, 4.69) is 34.5 Å². The maximum absolute atomic E-state index is 13.4. The monoisotopic (exact) mass is 359 g/mol. The number of hydrogen-bond acceptors (Lipinski definition) is 3. The highest BCUT2D eigenvalue weighted by molar-refractivity contribution is 6.11. The van der Waals surface area contributed by atoms with E-state index in [-0.39, 0.29) is 17.6 Å². The van der Waals surface area contributed by atoms with Gasteiger partial charge in [-0.05, 0) is 47.6 Å². The van der Waals surface area contributed by atoms with Crippen LogP contribution >= 0.6 is 0 Å². The molecule has 5 heteroatoms. The number of nitrogens with zero attached hydrogens (tertiary/aromatic N) is 2. The van der Waals surface area contributed by atoms with Gasteiger partial charge in [-0.15, -0.1) is 0 Å². The molecule has 27 heavy (non-hydrogen) atoms. The first-order chi connectivity index (χ1) is 13.2.